The molecule has 2 unspecified atom stereocenters. The molecule has 1 N–H and O–H groups in total. The fourth-order valence-corrected chi connectivity index (χ4v) is 1.40. The van der Waals surface area contributed by atoms with Crippen LogP contribution in [0.15, 0.2) is 0 Å². The van der Waals surface area contributed by atoms with Crippen molar-refractivity contribution in [3.63, 3.8) is 0 Å². The van der Waals surface area contributed by atoms with Gasteiger partial charge in [0.15, 0.2) is 0 Å². The molecule has 0 aliphatic carbocycles. The van der Waals surface area contributed by atoms with Crippen molar-refractivity contribution in [2.45, 2.75) is 51.4 Å². The van der Waals surface area contributed by atoms with Crippen LogP contribution in [0.2, 0.25) is 0 Å². The van der Waals surface area contributed by atoms with Crippen molar-refractivity contribution in [1.29, 1.82) is 0 Å². The number of ether oxygens (including phenoxy) is 1. The number of nitrogens with one attached hydrogen (secondary N) is 1. The van der Waals surface area contributed by atoms with Crippen LogP contribution in [0.25, 0.3) is 0 Å². The predicted molar refractivity (Wildman–Crippen MR) is 51.8 cm³/mol. The Balaban J connectivity index is 2.38. The van der Waals surface area contributed by atoms with Gasteiger partial charge >= 0.3 is 5.97 Å². The number of hydrogen-bond acceptors (Lipinski definition) is 3. The van der Waals surface area contributed by atoms with E-state index in [1.807, 2.05) is 20.8 Å². The van der Waals surface area contributed by atoms with Crippen molar-refractivity contribution in [1.82, 2.24) is 5.32 Å². The first kappa shape index (κ1) is 11.4. The largest absolute Gasteiger partial charge is 0.459 e. The van der Waals surface area contributed by atoms with Gasteiger partial charge < -0.3 is 10.1 Å². The van der Waals surface area contributed by atoms with E-state index in [9.17, 15) is 9.18 Å². The average Bonchev–Trinajstić information content (AvgIpc) is 2.02. The van der Waals surface area contributed by atoms with Crippen molar-refractivity contribution in [2.75, 3.05) is 6.54 Å². The van der Waals surface area contributed by atoms with Gasteiger partial charge in [-0.25, -0.2) is 4.39 Å². The highest BCUT2D eigenvalue weighted by atomic mass is 19.1. The van der Waals surface area contributed by atoms with Crippen molar-refractivity contribution < 1.29 is 13.9 Å². The van der Waals surface area contributed by atoms with Crippen molar-refractivity contribution >= 4 is 5.97 Å². The fraction of sp³-hybridized carbons (Fsp3) is 0.900. The van der Waals surface area contributed by atoms with Gasteiger partial charge in [-0.05, 0) is 33.6 Å². The maximum absolute atomic E-state index is 12.7. The molecule has 1 aliphatic rings. The van der Waals surface area contributed by atoms with E-state index in [1.165, 1.54) is 0 Å². The topological polar surface area (TPSA) is 38.3 Å². The van der Waals surface area contributed by atoms with Crippen molar-refractivity contribution in [3.8, 4) is 0 Å². The highest BCUT2D eigenvalue weighted by molar-refractivity contribution is 5.76. The number of carbonyl (C=O) groups excluding carboxylic acids is 1. The molecule has 1 heterocycles. The Hall–Kier alpha value is -0.640. The summed E-state index contributed by atoms with van der Waals surface area (Å²) in [5, 5.41) is 2.84. The highest BCUT2D eigenvalue weighted by Gasteiger charge is 2.29. The molecule has 0 saturated carbocycles. The average molecular weight is 203 g/mol. The normalized spacial score (nSPS) is 28.6. The summed E-state index contributed by atoms with van der Waals surface area (Å²) in [6, 6.07) is -0.332. The zero-order valence-corrected chi connectivity index (χ0v) is 8.97. The minimum absolute atomic E-state index is 0.254. The Labute approximate surface area is 84.0 Å². The van der Waals surface area contributed by atoms with Crippen LogP contribution in [0.4, 0.5) is 4.39 Å². The summed E-state index contributed by atoms with van der Waals surface area (Å²) in [4.78, 5) is 11.5. The number of piperidine rings is 1. The third-order valence-corrected chi connectivity index (χ3v) is 2.05. The lowest BCUT2D eigenvalue weighted by atomic mass is 10.0. The van der Waals surface area contributed by atoms with Gasteiger partial charge in [0.25, 0.3) is 0 Å². The van der Waals surface area contributed by atoms with E-state index in [-0.39, 0.29) is 18.6 Å². The molecule has 2 atom stereocenters. The third-order valence-electron chi connectivity index (χ3n) is 2.05. The molecule has 0 radical (unpaired) electrons. The number of hydrogen-bond donors (Lipinski definition) is 1. The van der Waals surface area contributed by atoms with Gasteiger partial charge in [0.05, 0.1) is 0 Å². The molecule has 0 aromatic heterocycles. The predicted octanol–water partition coefficient (Wildman–Crippen LogP) is 1.42. The smallest absolute Gasteiger partial charge is 0.323 e. The van der Waals surface area contributed by atoms with E-state index in [4.69, 9.17) is 4.74 Å². The minimum atomic E-state index is -0.825. The van der Waals surface area contributed by atoms with Crippen LogP contribution in [0.5, 0.6) is 0 Å². The molecule has 3 nitrogen and oxygen atoms in total. The number of carbonyl (C=O) groups is 1. The summed E-state index contributed by atoms with van der Waals surface area (Å²) < 4.78 is 17.9. The first-order valence-corrected chi connectivity index (χ1v) is 4.99. The molecular formula is C10H18FNO2. The summed E-state index contributed by atoms with van der Waals surface area (Å²) in [5.74, 6) is -0.274. The van der Waals surface area contributed by atoms with E-state index < -0.39 is 11.8 Å². The minimum Gasteiger partial charge on any atom is -0.459 e. The maximum atomic E-state index is 12.7. The van der Waals surface area contributed by atoms with E-state index in [0.717, 1.165) is 0 Å². The Bertz CT molecular complexity index is 205. The van der Waals surface area contributed by atoms with Crippen LogP contribution in [0.3, 0.4) is 0 Å². The van der Waals surface area contributed by atoms with Crippen LogP contribution in [-0.2, 0) is 9.53 Å². The molecule has 1 aliphatic heterocycles. The van der Waals surface area contributed by atoms with Crippen molar-refractivity contribution in [3.05, 3.63) is 0 Å². The summed E-state index contributed by atoms with van der Waals surface area (Å²) in [7, 11) is 0. The lowest BCUT2D eigenvalue weighted by molar-refractivity contribution is -0.158. The summed E-state index contributed by atoms with van der Waals surface area (Å²) >= 11 is 0. The Morgan fingerprint density at radius 1 is 1.43 bits per heavy atom. The molecule has 82 valence electrons. The maximum Gasteiger partial charge on any atom is 0.323 e. The van der Waals surface area contributed by atoms with Gasteiger partial charge in [-0.3, -0.25) is 4.79 Å². The zero-order valence-electron chi connectivity index (χ0n) is 8.97. The second-order valence-electron chi connectivity index (χ2n) is 4.67. The number of rotatable bonds is 1. The number of alkyl halides is 1. The standard InChI is InChI=1S/C10H18FNO2/c1-10(2,3)14-9(13)8-5-4-7(11)6-12-8/h7-8,12H,4-6H2,1-3H3. The zero-order chi connectivity index (χ0) is 10.8. The molecule has 1 fully saturated rings. The summed E-state index contributed by atoms with van der Waals surface area (Å²) in [5.41, 5.74) is -0.467. The van der Waals surface area contributed by atoms with Crippen LogP contribution in [-0.4, -0.2) is 30.3 Å². The number of esters is 1. The summed E-state index contributed by atoms with van der Waals surface area (Å²) in [6.45, 7) is 5.73. The van der Waals surface area contributed by atoms with Crippen molar-refractivity contribution in [2.24, 2.45) is 0 Å². The molecule has 0 spiro atoms. The molecule has 0 bridgehead atoms. The molecule has 4 heteroatoms. The molecular weight excluding hydrogens is 185 g/mol. The summed E-state index contributed by atoms with van der Waals surface area (Å²) in [6.07, 6.45) is 0.140. The second-order valence-corrected chi connectivity index (χ2v) is 4.67. The second kappa shape index (κ2) is 4.26. The van der Waals surface area contributed by atoms with Crippen LogP contribution in [0, 0.1) is 0 Å². The molecule has 0 amide bonds. The molecule has 1 rings (SSSR count). The Morgan fingerprint density at radius 2 is 2.07 bits per heavy atom. The van der Waals surface area contributed by atoms with Gasteiger partial charge in [-0.2, -0.15) is 0 Å². The first-order valence-electron chi connectivity index (χ1n) is 4.99. The molecule has 0 aromatic carbocycles. The molecule has 1 saturated heterocycles. The van der Waals surface area contributed by atoms with E-state index in [1.54, 1.807) is 0 Å². The monoisotopic (exact) mass is 203 g/mol. The Kier molecular flexibility index (Phi) is 3.48. The van der Waals surface area contributed by atoms with Gasteiger partial charge in [0.2, 0.25) is 0 Å². The molecule has 0 aromatic rings. The first-order chi connectivity index (χ1) is 6.38. The van der Waals surface area contributed by atoms with E-state index >= 15 is 0 Å². The van der Waals surface area contributed by atoms with Crippen LogP contribution < -0.4 is 5.32 Å². The van der Waals surface area contributed by atoms with E-state index in [2.05, 4.69) is 5.32 Å². The van der Waals surface area contributed by atoms with Gasteiger partial charge in [0.1, 0.15) is 17.8 Å². The van der Waals surface area contributed by atoms with Gasteiger partial charge in [-0.1, -0.05) is 0 Å². The molecule has 14 heavy (non-hydrogen) atoms. The van der Waals surface area contributed by atoms with Gasteiger partial charge in [-0.15, -0.1) is 0 Å². The quantitative estimate of drug-likeness (QED) is 0.655. The van der Waals surface area contributed by atoms with E-state index in [0.29, 0.717) is 12.8 Å². The lowest BCUT2D eigenvalue weighted by Gasteiger charge is -2.28. The lowest BCUT2D eigenvalue weighted by Crippen LogP contribution is -2.47. The fourth-order valence-electron chi connectivity index (χ4n) is 1.40. The third kappa shape index (κ3) is 3.62. The Morgan fingerprint density at radius 3 is 2.50 bits per heavy atom. The SMILES string of the molecule is CC(C)(C)OC(=O)C1CCC(F)CN1. The van der Waals surface area contributed by atoms with Crippen LogP contribution in [0.1, 0.15) is 33.6 Å². The van der Waals surface area contributed by atoms with Gasteiger partial charge in [0, 0.05) is 6.54 Å². The van der Waals surface area contributed by atoms with Crippen LogP contribution >= 0.6 is 0 Å². The highest BCUT2D eigenvalue weighted by Crippen LogP contribution is 2.15. The number of halogens is 1.